The maximum Gasteiger partial charge on any atom is 0.455 e. The average Bonchev–Trinajstić information content (AvgIpc) is 2.28. The third-order valence-electron chi connectivity index (χ3n) is 2.43. The van der Waals surface area contributed by atoms with Crippen LogP contribution < -0.4 is 5.32 Å². The van der Waals surface area contributed by atoms with Crippen molar-refractivity contribution in [3.63, 3.8) is 0 Å². The van der Waals surface area contributed by atoms with Gasteiger partial charge in [0.1, 0.15) is 0 Å². The second kappa shape index (κ2) is 5.56. The Hall–Kier alpha value is -1.30. The molecule has 0 radical (unpaired) electrons. The number of allylic oxidation sites excluding steroid dienone is 1. The molecule has 0 fully saturated rings. The fraction of sp³-hybridized carbons (Fsp3) is 0.250. The predicted molar refractivity (Wildman–Crippen MR) is 67.6 cm³/mol. The topological polar surface area (TPSA) is 29.1 Å². The minimum Gasteiger partial charge on any atom is -0.360 e. The van der Waals surface area contributed by atoms with Crippen molar-refractivity contribution in [3.05, 3.63) is 40.0 Å². The molecule has 0 aromatic heterocycles. The highest BCUT2D eigenvalue weighted by Crippen LogP contribution is 2.24. The first-order valence-corrected chi connectivity index (χ1v) is 5.82. The maximum atomic E-state index is 12.1. The molecule has 0 spiro atoms. The normalized spacial score (nSPS) is 12.4. The van der Waals surface area contributed by atoms with Crippen molar-refractivity contribution in [2.24, 2.45) is 0 Å². The molecule has 0 saturated heterocycles. The molecule has 6 heteroatoms. The van der Waals surface area contributed by atoms with E-state index in [0.717, 1.165) is 17.3 Å². The van der Waals surface area contributed by atoms with E-state index in [1.165, 1.54) is 0 Å². The van der Waals surface area contributed by atoms with Crippen molar-refractivity contribution in [1.82, 2.24) is 0 Å². The fourth-order valence-corrected chi connectivity index (χ4v) is 1.59. The Morgan fingerprint density at radius 2 is 1.94 bits per heavy atom. The number of benzene rings is 1. The van der Waals surface area contributed by atoms with Crippen LogP contribution in [-0.4, -0.2) is 12.0 Å². The van der Waals surface area contributed by atoms with Crippen molar-refractivity contribution < 1.29 is 18.0 Å². The Bertz CT molecular complexity index is 495. The number of aryl methyl sites for hydroxylation is 1. The third kappa shape index (κ3) is 3.60. The number of anilines is 1. The van der Waals surface area contributed by atoms with E-state index in [1.807, 2.05) is 19.9 Å². The number of Topliss-reactive ketones (excluding diaryl/α,β-unsaturated/α-hetero) is 1. The second-order valence-corrected chi connectivity index (χ2v) is 4.57. The zero-order valence-electron chi connectivity index (χ0n) is 9.73. The summed E-state index contributed by atoms with van der Waals surface area (Å²) in [7, 11) is 0. The van der Waals surface area contributed by atoms with E-state index in [0.29, 0.717) is 5.69 Å². The standard InChI is InChI=1S/C12H11BrF3NO/c1-7-4-3-5-10(8(7)2)17-6-9(13)11(18)12(14,15)16/h3-6,17H,1-2H3. The Balaban J connectivity index is 2.87. The SMILES string of the molecule is Cc1cccc(NC=C(Br)C(=O)C(F)(F)F)c1C. The molecule has 0 saturated carbocycles. The van der Waals surface area contributed by atoms with Gasteiger partial charge in [-0.1, -0.05) is 12.1 Å². The molecular weight excluding hydrogens is 311 g/mol. The summed E-state index contributed by atoms with van der Waals surface area (Å²) in [6, 6.07) is 5.38. The number of rotatable bonds is 3. The highest BCUT2D eigenvalue weighted by atomic mass is 79.9. The van der Waals surface area contributed by atoms with Crippen LogP contribution in [0.1, 0.15) is 11.1 Å². The molecule has 0 aliphatic carbocycles. The minimum atomic E-state index is -4.88. The first-order chi connectivity index (χ1) is 8.23. The van der Waals surface area contributed by atoms with Crippen LogP contribution in [-0.2, 0) is 4.79 Å². The van der Waals surface area contributed by atoms with Gasteiger partial charge in [0, 0.05) is 11.9 Å². The smallest absolute Gasteiger partial charge is 0.360 e. The quantitative estimate of drug-likeness (QED) is 0.850. The van der Waals surface area contributed by atoms with Crippen molar-refractivity contribution in [1.29, 1.82) is 0 Å². The van der Waals surface area contributed by atoms with Gasteiger partial charge in [-0.3, -0.25) is 4.79 Å². The van der Waals surface area contributed by atoms with E-state index >= 15 is 0 Å². The summed E-state index contributed by atoms with van der Waals surface area (Å²) in [5, 5.41) is 2.68. The third-order valence-corrected chi connectivity index (χ3v) is 3.02. The number of hydrogen-bond donors (Lipinski definition) is 1. The van der Waals surface area contributed by atoms with Crippen LogP contribution in [0.2, 0.25) is 0 Å². The summed E-state index contributed by atoms with van der Waals surface area (Å²) in [5.41, 5.74) is 2.57. The summed E-state index contributed by atoms with van der Waals surface area (Å²) in [4.78, 5) is 10.9. The number of carbonyl (C=O) groups is 1. The molecule has 0 heterocycles. The lowest BCUT2D eigenvalue weighted by Gasteiger charge is -2.09. The highest BCUT2D eigenvalue weighted by Gasteiger charge is 2.39. The van der Waals surface area contributed by atoms with E-state index in [2.05, 4.69) is 21.2 Å². The molecule has 1 rings (SSSR count). The van der Waals surface area contributed by atoms with Crippen LogP contribution in [0.3, 0.4) is 0 Å². The van der Waals surface area contributed by atoms with E-state index in [1.54, 1.807) is 12.1 Å². The van der Waals surface area contributed by atoms with Gasteiger partial charge < -0.3 is 5.32 Å². The zero-order valence-corrected chi connectivity index (χ0v) is 11.3. The summed E-state index contributed by atoms with van der Waals surface area (Å²) in [5.74, 6) is -1.92. The Labute approximate surface area is 111 Å². The van der Waals surface area contributed by atoms with Crippen molar-refractivity contribution >= 4 is 27.4 Å². The van der Waals surface area contributed by atoms with Gasteiger partial charge in [-0.25, -0.2) is 0 Å². The van der Waals surface area contributed by atoms with Gasteiger partial charge in [-0.05, 0) is 47.0 Å². The Morgan fingerprint density at radius 1 is 1.33 bits per heavy atom. The summed E-state index contributed by atoms with van der Waals surface area (Å²) < 4.78 is 35.8. The predicted octanol–water partition coefficient (Wildman–Crippen LogP) is 4.08. The highest BCUT2D eigenvalue weighted by molar-refractivity contribution is 9.12. The van der Waals surface area contributed by atoms with E-state index < -0.39 is 16.4 Å². The molecule has 0 aliphatic rings. The van der Waals surface area contributed by atoms with Gasteiger partial charge >= 0.3 is 6.18 Å². The molecule has 1 N–H and O–H groups in total. The first-order valence-electron chi connectivity index (χ1n) is 5.03. The number of carbonyl (C=O) groups excluding carboxylic acids is 1. The molecule has 0 atom stereocenters. The van der Waals surface area contributed by atoms with E-state index in [4.69, 9.17) is 0 Å². The lowest BCUT2D eigenvalue weighted by Crippen LogP contribution is -2.22. The number of hydrogen-bond acceptors (Lipinski definition) is 2. The summed E-state index contributed by atoms with van der Waals surface area (Å²) in [6.45, 7) is 3.73. The van der Waals surface area contributed by atoms with Crippen molar-refractivity contribution in [2.45, 2.75) is 20.0 Å². The Kier molecular flexibility index (Phi) is 4.56. The van der Waals surface area contributed by atoms with Gasteiger partial charge in [0.2, 0.25) is 0 Å². The fourth-order valence-electron chi connectivity index (χ4n) is 1.25. The number of nitrogens with one attached hydrogen (secondary N) is 1. The van der Waals surface area contributed by atoms with Crippen LogP contribution in [0, 0.1) is 13.8 Å². The summed E-state index contributed by atoms with van der Waals surface area (Å²) >= 11 is 2.61. The Morgan fingerprint density at radius 3 is 2.50 bits per heavy atom. The van der Waals surface area contributed by atoms with E-state index in [-0.39, 0.29) is 0 Å². The molecule has 0 unspecified atom stereocenters. The molecular formula is C12H11BrF3NO. The lowest BCUT2D eigenvalue weighted by molar-refractivity contribution is -0.165. The largest absolute Gasteiger partial charge is 0.455 e. The van der Waals surface area contributed by atoms with Gasteiger partial charge in [-0.2, -0.15) is 13.2 Å². The van der Waals surface area contributed by atoms with Crippen LogP contribution in [0.5, 0.6) is 0 Å². The zero-order chi connectivity index (χ0) is 13.9. The maximum absolute atomic E-state index is 12.1. The summed E-state index contributed by atoms with van der Waals surface area (Å²) in [6.07, 6.45) is -3.88. The molecule has 18 heavy (non-hydrogen) atoms. The molecule has 0 bridgehead atoms. The van der Waals surface area contributed by atoms with Gasteiger partial charge in [-0.15, -0.1) is 0 Å². The lowest BCUT2D eigenvalue weighted by atomic mass is 10.1. The number of halogens is 4. The van der Waals surface area contributed by atoms with Gasteiger partial charge in [0.15, 0.2) is 0 Å². The second-order valence-electron chi connectivity index (χ2n) is 3.71. The molecule has 1 aromatic carbocycles. The van der Waals surface area contributed by atoms with Gasteiger partial charge in [0.25, 0.3) is 5.78 Å². The molecule has 2 nitrogen and oxygen atoms in total. The van der Waals surface area contributed by atoms with Crippen molar-refractivity contribution in [2.75, 3.05) is 5.32 Å². The van der Waals surface area contributed by atoms with E-state index in [9.17, 15) is 18.0 Å². The monoisotopic (exact) mass is 321 g/mol. The van der Waals surface area contributed by atoms with Crippen LogP contribution in [0.4, 0.5) is 18.9 Å². The first kappa shape index (κ1) is 14.8. The molecule has 0 aliphatic heterocycles. The average molecular weight is 322 g/mol. The van der Waals surface area contributed by atoms with Gasteiger partial charge in [0.05, 0.1) is 4.48 Å². The van der Waals surface area contributed by atoms with Crippen molar-refractivity contribution in [3.8, 4) is 0 Å². The number of alkyl halides is 3. The molecule has 1 aromatic rings. The molecule has 98 valence electrons. The van der Waals surface area contributed by atoms with Crippen LogP contribution in [0.15, 0.2) is 28.9 Å². The van der Waals surface area contributed by atoms with Crippen LogP contribution >= 0.6 is 15.9 Å². The molecule has 0 amide bonds. The minimum absolute atomic E-state index is 0.559. The van der Waals surface area contributed by atoms with Crippen LogP contribution in [0.25, 0.3) is 0 Å². The number of ketones is 1.